The van der Waals surface area contributed by atoms with Gasteiger partial charge in [-0.15, -0.1) is 0 Å². The number of amides is 1. The fourth-order valence-electron chi connectivity index (χ4n) is 2.04. The van der Waals surface area contributed by atoms with E-state index in [4.69, 9.17) is 16.3 Å². The van der Waals surface area contributed by atoms with Crippen LogP contribution in [0.2, 0.25) is 5.02 Å². The minimum atomic E-state index is -1.34. The highest BCUT2D eigenvalue weighted by molar-refractivity contribution is 6.33. The number of hydrogen-bond acceptors (Lipinski definition) is 7. The van der Waals surface area contributed by atoms with Crippen molar-refractivity contribution in [2.24, 2.45) is 0 Å². The van der Waals surface area contributed by atoms with E-state index in [9.17, 15) is 29.8 Å². The molecule has 1 amide bonds. The number of benzene rings is 2. The van der Waals surface area contributed by atoms with Crippen LogP contribution >= 0.6 is 11.6 Å². The average molecular weight is 394 g/mol. The van der Waals surface area contributed by atoms with Crippen molar-refractivity contribution in [2.45, 2.75) is 13.0 Å². The standard InChI is InChI=1S/C16H12ClN3O7/c1-9(27-16(22)11-4-2-3-5-14(11)20(25)26)15(21)18-13-8-10(19(23)24)6-7-12(13)17/h2-9H,1H3,(H,18,21). The van der Waals surface area contributed by atoms with Gasteiger partial charge in [0.1, 0.15) is 5.56 Å². The highest BCUT2D eigenvalue weighted by atomic mass is 35.5. The van der Waals surface area contributed by atoms with E-state index in [1.807, 2.05) is 0 Å². The molecule has 10 nitrogen and oxygen atoms in total. The molecule has 0 heterocycles. The SMILES string of the molecule is CC(OC(=O)c1ccccc1[N+](=O)[O-])C(=O)Nc1cc([N+](=O)[O-])ccc1Cl. The lowest BCUT2D eigenvalue weighted by atomic mass is 10.2. The van der Waals surface area contributed by atoms with Gasteiger partial charge >= 0.3 is 5.97 Å². The van der Waals surface area contributed by atoms with Gasteiger partial charge in [-0.25, -0.2) is 4.79 Å². The lowest BCUT2D eigenvalue weighted by Gasteiger charge is -2.14. The van der Waals surface area contributed by atoms with Gasteiger partial charge in [-0.2, -0.15) is 0 Å². The molecule has 2 aromatic rings. The Morgan fingerprint density at radius 2 is 1.78 bits per heavy atom. The fraction of sp³-hybridized carbons (Fsp3) is 0.125. The molecule has 0 spiro atoms. The molecule has 27 heavy (non-hydrogen) atoms. The third-order valence-electron chi connectivity index (χ3n) is 3.39. The lowest BCUT2D eigenvalue weighted by Crippen LogP contribution is -2.30. The van der Waals surface area contributed by atoms with Crippen LogP contribution in [-0.4, -0.2) is 27.8 Å². The molecular weight excluding hydrogens is 382 g/mol. The van der Waals surface area contributed by atoms with Crippen molar-refractivity contribution in [3.63, 3.8) is 0 Å². The summed E-state index contributed by atoms with van der Waals surface area (Å²) in [5.74, 6) is -1.88. The second kappa shape index (κ2) is 8.23. The summed E-state index contributed by atoms with van der Waals surface area (Å²) < 4.78 is 4.95. The van der Waals surface area contributed by atoms with Crippen LogP contribution in [0.15, 0.2) is 42.5 Å². The molecule has 0 aliphatic rings. The predicted octanol–water partition coefficient (Wildman–Crippen LogP) is 3.34. The fourth-order valence-corrected chi connectivity index (χ4v) is 2.20. The van der Waals surface area contributed by atoms with Gasteiger partial charge in [0.2, 0.25) is 0 Å². The maximum atomic E-state index is 12.2. The molecule has 11 heteroatoms. The Hall–Kier alpha value is -3.53. The van der Waals surface area contributed by atoms with Gasteiger partial charge in [-0.05, 0) is 19.1 Å². The third-order valence-corrected chi connectivity index (χ3v) is 3.72. The van der Waals surface area contributed by atoms with Gasteiger partial charge in [0.15, 0.2) is 6.10 Å². The number of nitrogens with zero attached hydrogens (tertiary/aromatic N) is 2. The second-order valence-corrected chi connectivity index (χ2v) is 5.64. The topological polar surface area (TPSA) is 142 Å². The summed E-state index contributed by atoms with van der Waals surface area (Å²) in [7, 11) is 0. The number of rotatable bonds is 6. The summed E-state index contributed by atoms with van der Waals surface area (Å²) in [4.78, 5) is 44.7. The van der Waals surface area contributed by atoms with E-state index in [0.717, 1.165) is 18.2 Å². The molecule has 0 saturated carbocycles. The molecule has 0 radical (unpaired) electrons. The minimum Gasteiger partial charge on any atom is -0.449 e. The number of carbonyl (C=O) groups excluding carboxylic acids is 2. The van der Waals surface area contributed by atoms with Crippen molar-refractivity contribution in [2.75, 3.05) is 5.32 Å². The normalized spacial score (nSPS) is 11.3. The van der Waals surface area contributed by atoms with Gasteiger partial charge in [-0.3, -0.25) is 25.0 Å². The van der Waals surface area contributed by atoms with E-state index >= 15 is 0 Å². The monoisotopic (exact) mass is 393 g/mol. The summed E-state index contributed by atoms with van der Waals surface area (Å²) in [6, 6.07) is 8.57. The average Bonchev–Trinajstić information content (AvgIpc) is 2.63. The van der Waals surface area contributed by atoms with Crippen LogP contribution in [0, 0.1) is 20.2 Å². The molecule has 1 unspecified atom stereocenters. The van der Waals surface area contributed by atoms with E-state index in [2.05, 4.69) is 5.32 Å². The summed E-state index contributed by atoms with van der Waals surface area (Å²) in [5.41, 5.74) is -1.10. The number of nitrogens with one attached hydrogen (secondary N) is 1. The van der Waals surface area contributed by atoms with Gasteiger partial charge in [0.05, 0.1) is 20.6 Å². The summed E-state index contributed by atoms with van der Waals surface area (Å²) in [6.45, 7) is 1.24. The van der Waals surface area contributed by atoms with Crippen molar-refractivity contribution < 1.29 is 24.2 Å². The molecule has 140 valence electrons. The second-order valence-electron chi connectivity index (χ2n) is 5.23. The summed E-state index contributed by atoms with van der Waals surface area (Å²) in [5, 5.41) is 24.1. The van der Waals surface area contributed by atoms with Crippen molar-refractivity contribution in [1.82, 2.24) is 0 Å². The van der Waals surface area contributed by atoms with E-state index in [1.165, 1.54) is 31.2 Å². The van der Waals surface area contributed by atoms with E-state index in [0.29, 0.717) is 0 Å². The van der Waals surface area contributed by atoms with Crippen LogP contribution in [-0.2, 0) is 9.53 Å². The number of halogens is 1. The zero-order valence-electron chi connectivity index (χ0n) is 13.7. The van der Waals surface area contributed by atoms with Crippen molar-refractivity contribution >= 4 is 40.5 Å². The first-order chi connectivity index (χ1) is 12.7. The molecule has 0 aliphatic carbocycles. The van der Waals surface area contributed by atoms with Crippen LogP contribution in [0.1, 0.15) is 17.3 Å². The molecule has 2 aromatic carbocycles. The number of nitro groups is 2. The Kier molecular flexibility index (Phi) is 6.03. The predicted molar refractivity (Wildman–Crippen MR) is 94.7 cm³/mol. The van der Waals surface area contributed by atoms with Gasteiger partial charge in [0.25, 0.3) is 17.3 Å². The number of nitro benzene ring substituents is 2. The molecule has 0 bridgehead atoms. The maximum absolute atomic E-state index is 12.2. The molecule has 0 saturated heterocycles. The van der Waals surface area contributed by atoms with Crippen LogP contribution in [0.4, 0.5) is 17.1 Å². The number of esters is 1. The minimum absolute atomic E-state index is 0.0375. The van der Waals surface area contributed by atoms with Crippen LogP contribution < -0.4 is 5.32 Å². The molecule has 0 aromatic heterocycles. The van der Waals surface area contributed by atoms with Crippen molar-refractivity contribution in [1.29, 1.82) is 0 Å². The first kappa shape index (κ1) is 19.8. The Morgan fingerprint density at radius 1 is 1.11 bits per heavy atom. The highest BCUT2D eigenvalue weighted by Gasteiger charge is 2.25. The Morgan fingerprint density at radius 3 is 2.41 bits per heavy atom. The number of non-ortho nitro benzene ring substituents is 1. The number of hydrogen-bond donors (Lipinski definition) is 1. The summed E-state index contributed by atoms with van der Waals surface area (Å²) >= 11 is 5.89. The van der Waals surface area contributed by atoms with Gasteiger partial charge in [-0.1, -0.05) is 23.7 Å². The van der Waals surface area contributed by atoms with Crippen LogP contribution in [0.25, 0.3) is 0 Å². The van der Waals surface area contributed by atoms with E-state index in [1.54, 1.807) is 0 Å². The molecule has 2 rings (SSSR count). The Labute approximate surface area is 157 Å². The third kappa shape index (κ3) is 4.76. The molecule has 1 N–H and O–H groups in total. The van der Waals surface area contributed by atoms with Gasteiger partial charge < -0.3 is 10.1 Å². The largest absolute Gasteiger partial charge is 0.449 e. The van der Waals surface area contributed by atoms with Crippen molar-refractivity contribution in [3.8, 4) is 0 Å². The molecule has 0 fully saturated rings. The lowest BCUT2D eigenvalue weighted by molar-refractivity contribution is -0.385. The zero-order chi connectivity index (χ0) is 20.1. The number of ether oxygens (including phenoxy) is 1. The molecular formula is C16H12ClN3O7. The summed E-state index contributed by atoms with van der Waals surface area (Å²) in [6.07, 6.45) is -1.34. The quantitative estimate of drug-likeness (QED) is 0.450. The molecule has 1 atom stereocenters. The van der Waals surface area contributed by atoms with E-state index < -0.39 is 33.5 Å². The smallest absolute Gasteiger partial charge is 0.345 e. The molecule has 0 aliphatic heterocycles. The van der Waals surface area contributed by atoms with Gasteiger partial charge in [0, 0.05) is 18.2 Å². The zero-order valence-corrected chi connectivity index (χ0v) is 14.5. The number of carbonyl (C=O) groups is 2. The highest BCUT2D eigenvalue weighted by Crippen LogP contribution is 2.27. The Bertz CT molecular complexity index is 932. The first-order valence-corrected chi connectivity index (χ1v) is 7.77. The van der Waals surface area contributed by atoms with Crippen LogP contribution in [0.3, 0.4) is 0 Å². The number of para-hydroxylation sites is 1. The van der Waals surface area contributed by atoms with E-state index in [-0.39, 0.29) is 22.0 Å². The Balaban J connectivity index is 2.13. The van der Waals surface area contributed by atoms with Crippen molar-refractivity contribution in [3.05, 3.63) is 73.3 Å². The maximum Gasteiger partial charge on any atom is 0.345 e. The first-order valence-electron chi connectivity index (χ1n) is 7.40. The number of anilines is 1. The van der Waals surface area contributed by atoms with Crippen LogP contribution in [0.5, 0.6) is 0 Å².